The van der Waals surface area contributed by atoms with Gasteiger partial charge in [0.1, 0.15) is 0 Å². The number of thiazole rings is 1. The van der Waals surface area contributed by atoms with E-state index in [9.17, 15) is 9.59 Å². The highest BCUT2D eigenvalue weighted by molar-refractivity contribution is 7.13. The summed E-state index contributed by atoms with van der Waals surface area (Å²) in [5, 5.41) is 16.8. The Labute approximate surface area is 103 Å². The molecule has 0 saturated carbocycles. The lowest BCUT2D eigenvalue weighted by atomic mass is 10.3. The highest BCUT2D eigenvalue weighted by Crippen LogP contribution is 2.15. The van der Waals surface area contributed by atoms with Crippen molar-refractivity contribution in [3.63, 3.8) is 0 Å². The molecule has 0 fully saturated rings. The molecule has 0 saturated heterocycles. The number of amides is 1. The Balaban J connectivity index is 2.21. The Morgan fingerprint density at radius 3 is 2.88 bits per heavy atom. The summed E-state index contributed by atoms with van der Waals surface area (Å²) in [6.07, 6.45) is 0.748. The van der Waals surface area contributed by atoms with Crippen molar-refractivity contribution in [3.8, 4) is 0 Å². The molecule has 7 heteroatoms. The van der Waals surface area contributed by atoms with Crippen LogP contribution in [-0.4, -0.2) is 35.1 Å². The number of hydrogen-bond donors (Lipinski definition) is 3. The predicted molar refractivity (Wildman–Crippen MR) is 65.2 cm³/mol. The van der Waals surface area contributed by atoms with Gasteiger partial charge in [0, 0.05) is 25.4 Å². The number of nitrogens with one attached hydrogen (secondary N) is 2. The minimum absolute atomic E-state index is 0.0389. The Kier molecular flexibility index (Phi) is 5.41. The van der Waals surface area contributed by atoms with E-state index >= 15 is 0 Å². The van der Waals surface area contributed by atoms with Gasteiger partial charge in [-0.25, -0.2) is 4.98 Å². The van der Waals surface area contributed by atoms with Crippen LogP contribution in [0.1, 0.15) is 19.0 Å². The van der Waals surface area contributed by atoms with Gasteiger partial charge in [-0.3, -0.25) is 9.59 Å². The summed E-state index contributed by atoms with van der Waals surface area (Å²) in [5.41, 5.74) is 0.562. The molecular formula is C10H15N3O3S. The van der Waals surface area contributed by atoms with Crippen molar-refractivity contribution in [3.05, 3.63) is 11.1 Å². The van der Waals surface area contributed by atoms with Crippen molar-refractivity contribution in [2.24, 2.45) is 0 Å². The van der Waals surface area contributed by atoms with Crippen LogP contribution in [0, 0.1) is 0 Å². The van der Waals surface area contributed by atoms with Crippen LogP contribution in [0.5, 0.6) is 0 Å². The third-order valence-corrected chi connectivity index (χ3v) is 2.74. The maximum absolute atomic E-state index is 10.6. The van der Waals surface area contributed by atoms with E-state index in [-0.39, 0.29) is 12.3 Å². The number of rotatable bonds is 7. The molecule has 1 rings (SSSR count). The van der Waals surface area contributed by atoms with Crippen LogP contribution < -0.4 is 10.6 Å². The van der Waals surface area contributed by atoms with Crippen LogP contribution in [-0.2, 0) is 16.0 Å². The van der Waals surface area contributed by atoms with Crippen molar-refractivity contribution in [2.45, 2.75) is 19.8 Å². The van der Waals surface area contributed by atoms with E-state index in [2.05, 4.69) is 15.6 Å². The van der Waals surface area contributed by atoms with Crippen LogP contribution in [0.15, 0.2) is 5.38 Å². The monoisotopic (exact) mass is 257 g/mol. The molecule has 17 heavy (non-hydrogen) atoms. The largest absolute Gasteiger partial charge is 0.481 e. The highest BCUT2D eigenvalue weighted by atomic mass is 32.1. The van der Waals surface area contributed by atoms with Crippen LogP contribution in [0.25, 0.3) is 0 Å². The molecule has 94 valence electrons. The molecule has 0 spiro atoms. The number of carboxylic acid groups (broad SMARTS) is 1. The van der Waals surface area contributed by atoms with Gasteiger partial charge >= 0.3 is 5.97 Å². The minimum atomic E-state index is -0.882. The molecule has 0 aromatic carbocycles. The molecule has 1 aromatic heterocycles. The van der Waals surface area contributed by atoms with Gasteiger partial charge in [-0.1, -0.05) is 0 Å². The maximum atomic E-state index is 10.6. The molecule has 1 aromatic rings. The summed E-state index contributed by atoms with van der Waals surface area (Å²) in [5.74, 6) is -0.921. The first-order valence-corrected chi connectivity index (χ1v) is 6.10. The summed E-state index contributed by atoms with van der Waals surface area (Å²) < 4.78 is 0. The van der Waals surface area contributed by atoms with Crippen molar-refractivity contribution < 1.29 is 14.7 Å². The SMILES string of the molecule is CC(=O)NCCCNc1nc(CC(=O)O)cs1. The summed E-state index contributed by atoms with van der Waals surface area (Å²) >= 11 is 1.38. The fraction of sp³-hybridized carbons (Fsp3) is 0.500. The van der Waals surface area contributed by atoms with E-state index in [1.54, 1.807) is 5.38 Å². The summed E-state index contributed by atoms with van der Waals surface area (Å²) in [4.78, 5) is 25.2. The average molecular weight is 257 g/mol. The van der Waals surface area contributed by atoms with Crippen molar-refractivity contribution >= 4 is 28.3 Å². The highest BCUT2D eigenvalue weighted by Gasteiger charge is 2.05. The van der Waals surface area contributed by atoms with Gasteiger partial charge in [-0.05, 0) is 6.42 Å². The van der Waals surface area contributed by atoms with Gasteiger partial charge in [-0.15, -0.1) is 11.3 Å². The smallest absolute Gasteiger partial charge is 0.309 e. The predicted octanol–water partition coefficient (Wildman–Crippen LogP) is 0.708. The lowest BCUT2D eigenvalue weighted by molar-refractivity contribution is -0.136. The number of nitrogens with zero attached hydrogens (tertiary/aromatic N) is 1. The topological polar surface area (TPSA) is 91.3 Å². The van der Waals surface area contributed by atoms with Crippen LogP contribution in [0.4, 0.5) is 5.13 Å². The zero-order valence-electron chi connectivity index (χ0n) is 9.52. The first kappa shape index (κ1) is 13.4. The van der Waals surface area contributed by atoms with Gasteiger partial charge in [0.05, 0.1) is 12.1 Å². The maximum Gasteiger partial charge on any atom is 0.309 e. The van der Waals surface area contributed by atoms with Crippen LogP contribution >= 0.6 is 11.3 Å². The van der Waals surface area contributed by atoms with Gasteiger partial charge < -0.3 is 15.7 Å². The lowest BCUT2D eigenvalue weighted by Gasteiger charge is -2.02. The fourth-order valence-corrected chi connectivity index (χ4v) is 1.91. The number of aromatic nitrogens is 1. The zero-order chi connectivity index (χ0) is 12.7. The van der Waals surface area contributed by atoms with Gasteiger partial charge in [0.15, 0.2) is 5.13 Å². The van der Waals surface area contributed by atoms with Crippen molar-refractivity contribution in [1.82, 2.24) is 10.3 Å². The number of carboxylic acids is 1. The summed E-state index contributed by atoms with van der Waals surface area (Å²) in [6.45, 7) is 2.79. The molecule has 0 aliphatic carbocycles. The summed E-state index contributed by atoms with van der Waals surface area (Å²) in [6, 6.07) is 0. The Bertz CT molecular complexity index is 392. The first-order chi connectivity index (χ1) is 8.08. The Morgan fingerprint density at radius 2 is 2.24 bits per heavy atom. The zero-order valence-corrected chi connectivity index (χ0v) is 10.3. The third-order valence-electron chi connectivity index (χ3n) is 1.89. The number of anilines is 1. The molecule has 0 radical (unpaired) electrons. The Hall–Kier alpha value is -1.63. The van der Waals surface area contributed by atoms with Gasteiger partial charge in [0.2, 0.25) is 5.91 Å². The number of carbonyl (C=O) groups excluding carboxylic acids is 1. The van der Waals surface area contributed by atoms with E-state index < -0.39 is 5.97 Å². The van der Waals surface area contributed by atoms with E-state index in [0.29, 0.717) is 23.9 Å². The number of carbonyl (C=O) groups is 2. The van der Waals surface area contributed by atoms with E-state index in [1.807, 2.05) is 0 Å². The normalized spacial score (nSPS) is 9.94. The Morgan fingerprint density at radius 1 is 1.47 bits per heavy atom. The van der Waals surface area contributed by atoms with Crippen LogP contribution in [0.2, 0.25) is 0 Å². The number of hydrogen-bond acceptors (Lipinski definition) is 5. The standard InChI is InChI=1S/C10H15N3O3S/c1-7(14)11-3-2-4-12-10-13-8(6-17-10)5-9(15)16/h6H,2-5H2,1H3,(H,11,14)(H,12,13)(H,15,16). The second kappa shape index (κ2) is 6.85. The molecule has 1 heterocycles. The van der Waals surface area contributed by atoms with Crippen molar-refractivity contribution in [2.75, 3.05) is 18.4 Å². The molecule has 0 unspecified atom stereocenters. The van der Waals surface area contributed by atoms with Gasteiger partial charge in [-0.2, -0.15) is 0 Å². The molecule has 0 bridgehead atoms. The second-order valence-electron chi connectivity index (χ2n) is 3.48. The average Bonchev–Trinajstić information content (AvgIpc) is 2.63. The molecule has 3 N–H and O–H groups in total. The van der Waals surface area contributed by atoms with Crippen molar-refractivity contribution in [1.29, 1.82) is 0 Å². The molecular weight excluding hydrogens is 242 g/mol. The van der Waals surface area contributed by atoms with Crippen LogP contribution in [0.3, 0.4) is 0 Å². The number of aliphatic carboxylic acids is 1. The third kappa shape index (κ3) is 5.86. The van der Waals surface area contributed by atoms with E-state index in [1.165, 1.54) is 18.3 Å². The van der Waals surface area contributed by atoms with E-state index in [4.69, 9.17) is 5.11 Å². The fourth-order valence-electron chi connectivity index (χ4n) is 1.17. The van der Waals surface area contributed by atoms with E-state index in [0.717, 1.165) is 6.42 Å². The molecule has 0 aliphatic heterocycles. The molecule has 0 aliphatic rings. The lowest BCUT2D eigenvalue weighted by Crippen LogP contribution is -2.22. The van der Waals surface area contributed by atoms with Gasteiger partial charge in [0.25, 0.3) is 0 Å². The first-order valence-electron chi connectivity index (χ1n) is 5.22. The molecule has 0 atom stereocenters. The summed E-state index contributed by atoms with van der Waals surface area (Å²) in [7, 11) is 0. The quantitative estimate of drug-likeness (QED) is 0.626. The minimum Gasteiger partial charge on any atom is -0.481 e. The molecule has 1 amide bonds. The second-order valence-corrected chi connectivity index (χ2v) is 4.34. The molecule has 6 nitrogen and oxygen atoms in total.